The van der Waals surface area contributed by atoms with E-state index in [1.54, 1.807) is 0 Å². The molecule has 1 heteroatoms. The molecule has 4 aliphatic rings. The first-order valence-electron chi connectivity index (χ1n) is 26.1. The standard InChI is InChI=1S/C73H51N/c1-71(2)68-45-49(37-42-59(68)60-43-41-54(47-69(60)71)74(52-19-5-3-6-20-52)53-21-7-4-8-22-53)34-33-48-35-38-50(39-36-48)51-40-44-67-70(46-51)73(63-29-15-11-25-57(63)58-26-12-16-30-64(58)73)66-32-18-17-31-65(66)72(67)61-27-13-9-23-55(61)56-24-10-14-28-62(56)72/h3-47H,1-2H3/b34-33+. The van der Waals surface area contributed by atoms with Crippen LogP contribution in [0, 0.1) is 0 Å². The predicted octanol–water partition coefficient (Wildman–Crippen LogP) is 18.3. The molecule has 348 valence electrons. The number of rotatable bonds is 6. The summed E-state index contributed by atoms with van der Waals surface area (Å²) in [6, 6.07) is 97.9. The van der Waals surface area contributed by atoms with Crippen molar-refractivity contribution in [3.8, 4) is 44.5 Å². The number of hydrogen-bond acceptors (Lipinski definition) is 1. The summed E-state index contributed by atoms with van der Waals surface area (Å²) >= 11 is 0. The van der Waals surface area contributed by atoms with Crippen LogP contribution < -0.4 is 4.90 Å². The van der Waals surface area contributed by atoms with Crippen molar-refractivity contribution in [3.05, 3.63) is 328 Å². The number of fused-ring (bicyclic) bond motifs is 19. The molecular weight excluding hydrogens is 891 g/mol. The second kappa shape index (κ2) is 16.0. The molecular formula is C73H51N. The number of para-hydroxylation sites is 2. The van der Waals surface area contributed by atoms with Gasteiger partial charge in [0.15, 0.2) is 0 Å². The smallest absolute Gasteiger partial charge is 0.0720 e. The minimum absolute atomic E-state index is 0.173. The van der Waals surface area contributed by atoms with Crippen molar-refractivity contribution in [2.24, 2.45) is 0 Å². The molecule has 0 atom stereocenters. The highest BCUT2D eigenvalue weighted by Crippen LogP contribution is 2.67. The average Bonchev–Trinajstić information content (AvgIpc) is 4.02. The molecule has 0 N–H and O–H groups in total. The van der Waals surface area contributed by atoms with Crippen LogP contribution in [0.15, 0.2) is 261 Å². The molecule has 0 aromatic heterocycles. The topological polar surface area (TPSA) is 3.24 Å². The first kappa shape index (κ1) is 42.6. The van der Waals surface area contributed by atoms with Crippen molar-refractivity contribution in [1.82, 2.24) is 0 Å². The summed E-state index contributed by atoms with van der Waals surface area (Å²) in [6.07, 6.45) is 4.54. The minimum Gasteiger partial charge on any atom is -0.310 e. The summed E-state index contributed by atoms with van der Waals surface area (Å²) in [6.45, 7) is 4.75. The molecule has 0 aliphatic heterocycles. The lowest BCUT2D eigenvalue weighted by atomic mass is 9.52. The Kier molecular flexibility index (Phi) is 9.20. The van der Waals surface area contributed by atoms with Gasteiger partial charge in [0.1, 0.15) is 0 Å². The Hall–Kier alpha value is -9.04. The minimum atomic E-state index is -0.520. The number of anilines is 3. The van der Waals surface area contributed by atoms with E-state index in [-0.39, 0.29) is 5.41 Å². The van der Waals surface area contributed by atoms with Crippen molar-refractivity contribution in [1.29, 1.82) is 0 Å². The molecule has 0 amide bonds. The van der Waals surface area contributed by atoms with Crippen LogP contribution in [-0.2, 0) is 16.2 Å². The maximum atomic E-state index is 2.55. The Morgan fingerprint density at radius 1 is 0.257 bits per heavy atom. The number of nitrogens with zero attached hydrogens (tertiary/aromatic N) is 1. The fourth-order valence-corrected chi connectivity index (χ4v) is 14.0. The molecule has 1 nitrogen and oxygen atoms in total. The van der Waals surface area contributed by atoms with Crippen LogP contribution in [-0.4, -0.2) is 0 Å². The van der Waals surface area contributed by atoms with Crippen molar-refractivity contribution in [2.75, 3.05) is 4.90 Å². The van der Waals surface area contributed by atoms with Crippen LogP contribution in [0.3, 0.4) is 0 Å². The quantitative estimate of drug-likeness (QED) is 0.150. The lowest BCUT2D eigenvalue weighted by Gasteiger charge is -2.49. The van der Waals surface area contributed by atoms with Crippen molar-refractivity contribution in [2.45, 2.75) is 30.1 Å². The monoisotopic (exact) mass is 941 g/mol. The second-order valence-corrected chi connectivity index (χ2v) is 21.1. The van der Waals surface area contributed by atoms with E-state index in [9.17, 15) is 0 Å². The van der Waals surface area contributed by atoms with Gasteiger partial charge < -0.3 is 4.90 Å². The molecule has 11 aromatic rings. The molecule has 0 fully saturated rings. The molecule has 0 heterocycles. The van der Waals surface area contributed by atoms with Crippen LogP contribution in [0.4, 0.5) is 17.1 Å². The largest absolute Gasteiger partial charge is 0.310 e. The maximum absolute atomic E-state index is 2.55. The molecule has 0 unspecified atom stereocenters. The van der Waals surface area contributed by atoms with Gasteiger partial charge in [0, 0.05) is 22.5 Å². The summed E-state index contributed by atoms with van der Waals surface area (Å²) in [4.78, 5) is 2.36. The van der Waals surface area contributed by atoms with Gasteiger partial charge in [-0.25, -0.2) is 0 Å². The Labute approximate surface area is 434 Å². The zero-order chi connectivity index (χ0) is 49.2. The lowest BCUT2D eigenvalue weighted by molar-refractivity contribution is 0.633. The number of hydrogen-bond donors (Lipinski definition) is 0. The van der Waals surface area contributed by atoms with Crippen LogP contribution in [0.2, 0.25) is 0 Å². The van der Waals surface area contributed by atoms with Gasteiger partial charge in [-0.1, -0.05) is 244 Å². The molecule has 15 rings (SSSR count). The van der Waals surface area contributed by atoms with Gasteiger partial charge in [-0.05, 0) is 154 Å². The average molecular weight is 942 g/mol. The molecule has 0 radical (unpaired) electrons. The third-order valence-corrected chi connectivity index (χ3v) is 17.2. The molecule has 0 saturated carbocycles. The first-order chi connectivity index (χ1) is 36.5. The zero-order valence-corrected chi connectivity index (χ0v) is 41.4. The predicted molar refractivity (Wildman–Crippen MR) is 308 cm³/mol. The summed E-state index contributed by atoms with van der Waals surface area (Å²) in [5.74, 6) is 0. The molecule has 2 spiro atoms. The molecule has 11 aromatic carbocycles. The normalized spacial score (nSPS) is 14.9. The van der Waals surface area contributed by atoms with Crippen molar-refractivity contribution < 1.29 is 0 Å². The summed E-state index contributed by atoms with van der Waals surface area (Å²) in [5.41, 5.74) is 28.5. The van der Waals surface area contributed by atoms with Gasteiger partial charge in [0.25, 0.3) is 0 Å². The van der Waals surface area contributed by atoms with Crippen LogP contribution >= 0.6 is 0 Å². The van der Waals surface area contributed by atoms with Crippen LogP contribution in [0.1, 0.15) is 80.6 Å². The number of benzene rings is 11. The van der Waals surface area contributed by atoms with Gasteiger partial charge in [-0.2, -0.15) is 0 Å². The van der Waals surface area contributed by atoms with E-state index in [0.717, 1.165) is 17.1 Å². The highest BCUT2D eigenvalue weighted by atomic mass is 15.1. The van der Waals surface area contributed by atoms with Gasteiger partial charge in [-0.15, -0.1) is 0 Å². The highest BCUT2D eigenvalue weighted by molar-refractivity contribution is 5.95. The first-order valence-corrected chi connectivity index (χ1v) is 26.1. The third-order valence-electron chi connectivity index (χ3n) is 17.2. The molecule has 0 saturated heterocycles. The van der Waals surface area contributed by atoms with E-state index in [1.807, 2.05) is 0 Å². The Balaban J connectivity index is 0.809. The Morgan fingerprint density at radius 2 is 0.635 bits per heavy atom. The van der Waals surface area contributed by atoms with Gasteiger partial charge in [0.05, 0.1) is 10.8 Å². The molecule has 74 heavy (non-hydrogen) atoms. The summed E-state index contributed by atoms with van der Waals surface area (Å²) < 4.78 is 0. The van der Waals surface area contributed by atoms with E-state index < -0.39 is 10.8 Å². The van der Waals surface area contributed by atoms with E-state index in [4.69, 9.17) is 0 Å². The van der Waals surface area contributed by atoms with E-state index >= 15 is 0 Å². The summed E-state index contributed by atoms with van der Waals surface area (Å²) in [7, 11) is 0. The van der Waals surface area contributed by atoms with Gasteiger partial charge >= 0.3 is 0 Å². The van der Waals surface area contributed by atoms with Crippen molar-refractivity contribution in [3.63, 3.8) is 0 Å². The Morgan fingerprint density at radius 3 is 1.16 bits per heavy atom. The third kappa shape index (κ3) is 5.81. The van der Waals surface area contributed by atoms with E-state index in [1.165, 1.54) is 111 Å². The maximum Gasteiger partial charge on any atom is 0.0720 e. The van der Waals surface area contributed by atoms with Gasteiger partial charge in [0.2, 0.25) is 0 Å². The zero-order valence-electron chi connectivity index (χ0n) is 41.4. The molecule has 4 aliphatic carbocycles. The highest BCUT2D eigenvalue weighted by Gasteiger charge is 2.59. The fraction of sp³-hybridized carbons (Fsp3) is 0.0685. The van der Waals surface area contributed by atoms with Crippen molar-refractivity contribution >= 4 is 29.2 Å². The second-order valence-electron chi connectivity index (χ2n) is 21.1. The lowest BCUT2D eigenvalue weighted by Crippen LogP contribution is -2.43. The van der Waals surface area contributed by atoms with Crippen LogP contribution in [0.25, 0.3) is 56.7 Å². The fourth-order valence-electron chi connectivity index (χ4n) is 14.0. The SMILES string of the molecule is CC1(C)c2cc(/C=C/c3ccc(-c4ccc5c(c4)C4(c6ccccc6-c6ccccc64)c4ccccc4C54c5ccccc5-c5ccccc54)cc3)ccc2-c2ccc(N(c3ccccc3)c3ccccc3)cc21. The van der Waals surface area contributed by atoms with E-state index in [2.05, 4.69) is 292 Å². The van der Waals surface area contributed by atoms with E-state index in [0.29, 0.717) is 0 Å². The van der Waals surface area contributed by atoms with Gasteiger partial charge in [-0.3, -0.25) is 0 Å². The summed E-state index contributed by atoms with van der Waals surface area (Å²) in [5, 5.41) is 0. The molecule has 0 bridgehead atoms. The van der Waals surface area contributed by atoms with Crippen LogP contribution in [0.5, 0.6) is 0 Å². The Bertz CT molecular complexity index is 3970.